The second-order valence-corrected chi connectivity index (χ2v) is 16.4. The lowest BCUT2D eigenvalue weighted by Gasteiger charge is -2.40. The van der Waals surface area contributed by atoms with Crippen LogP contribution in [0.25, 0.3) is 27.8 Å². The van der Waals surface area contributed by atoms with Gasteiger partial charge >= 0.3 is 5.69 Å². The zero-order chi connectivity index (χ0) is 37.2. The van der Waals surface area contributed by atoms with Crippen molar-refractivity contribution in [3.8, 4) is 16.8 Å². The molecule has 2 saturated heterocycles. The number of likely N-dealkylation sites (tertiary alicyclic amines) is 2. The van der Waals surface area contributed by atoms with E-state index in [2.05, 4.69) is 49.4 Å². The minimum atomic E-state index is -0.636. The Bertz CT molecular complexity index is 2230. The Morgan fingerprint density at radius 1 is 0.907 bits per heavy atom. The number of carbonyl (C=O) groups excluding carboxylic acids is 1. The lowest BCUT2D eigenvalue weighted by atomic mass is 9.86. The molecule has 0 unspecified atom stereocenters. The third-order valence-electron chi connectivity index (χ3n) is 11.7. The molecule has 1 saturated carbocycles. The zero-order valence-electron chi connectivity index (χ0n) is 30.9. The fourth-order valence-corrected chi connectivity index (χ4v) is 9.28. The number of aryl methyl sites for hydroxylation is 1. The summed E-state index contributed by atoms with van der Waals surface area (Å²) < 4.78 is 17.2. The van der Waals surface area contributed by atoms with Crippen LogP contribution >= 0.6 is 11.3 Å². The summed E-state index contributed by atoms with van der Waals surface area (Å²) in [7, 11) is 0. The van der Waals surface area contributed by atoms with Gasteiger partial charge in [0.15, 0.2) is 5.65 Å². The van der Waals surface area contributed by atoms with Gasteiger partial charge in [0.05, 0.1) is 22.3 Å². The van der Waals surface area contributed by atoms with Gasteiger partial charge in [0, 0.05) is 30.6 Å². The van der Waals surface area contributed by atoms with Crippen molar-refractivity contribution in [2.75, 3.05) is 26.2 Å². The first-order valence-corrected chi connectivity index (χ1v) is 20.4. The van der Waals surface area contributed by atoms with Gasteiger partial charge in [-0.1, -0.05) is 42.8 Å². The number of piperidine rings is 2. The fourth-order valence-electron chi connectivity index (χ4n) is 8.69. The number of nitrogens with one attached hydrogen (secondary N) is 1. The van der Waals surface area contributed by atoms with Gasteiger partial charge < -0.3 is 10.2 Å². The van der Waals surface area contributed by atoms with Gasteiger partial charge in [0.25, 0.3) is 11.5 Å². The van der Waals surface area contributed by atoms with Crippen molar-refractivity contribution in [2.45, 2.75) is 89.9 Å². The quantitative estimate of drug-likeness (QED) is 0.182. The average molecular weight is 750 g/mol. The monoisotopic (exact) mass is 749 g/mol. The number of pyridine rings is 1. The molecule has 0 atom stereocenters. The number of benzene rings is 2. The van der Waals surface area contributed by atoms with Crippen LogP contribution in [0.5, 0.6) is 0 Å². The molecule has 0 radical (unpaired) electrons. The average Bonchev–Trinajstić information content (AvgIpc) is 3.65. The second kappa shape index (κ2) is 16.1. The first-order valence-electron chi connectivity index (χ1n) is 19.5. The van der Waals surface area contributed by atoms with Crippen LogP contribution in [0.3, 0.4) is 0 Å². The molecule has 1 N–H and O–H groups in total. The molecule has 282 valence electrons. The van der Waals surface area contributed by atoms with Gasteiger partial charge in [-0.15, -0.1) is 11.3 Å². The molecular formula is C42H48FN7O3S. The number of fused-ring (bicyclic) bond motifs is 1. The molecule has 3 aliphatic rings. The SMILES string of the molecule is Cc1nc(C(=O)NC2CCC(Cn3c(=O)c4cc(F)cnc4n(-c4cccc(-c5ccc(CN6CCC(N7CCCCC7)CC6)cc5)c4)c3=O)CC2)cs1. The van der Waals surface area contributed by atoms with Crippen LogP contribution in [0.1, 0.15) is 78.8 Å². The summed E-state index contributed by atoms with van der Waals surface area (Å²) >= 11 is 1.44. The van der Waals surface area contributed by atoms with Crippen molar-refractivity contribution in [2.24, 2.45) is 5.92 Å². The van der Waals surface area contributed by atoms with Gasteiger partial charge in [0.1, 0.15) is 11.5 Å². The molecule has 3 fully saturated rings. The maximum Gasteiger partial charge on any atom is 0.337 e. The molecule has 3 aromatic heterocycles. The summed E-state index contributed by atoms with van der Waals surface area (Å²) in [6.45, 7) is 7.78. The van der Waals surface area contributed by atoms with Gasteiger partial charge in [0.2, 0.25) is 0 Å². The summed E-state index contributed by atoms with van der Waals surface area (Å²) in [5, 5.41) is 5.75. The number of amides is 1. The Morgan fingerprint density at radius 2 is 1.67 bits per heavy atom. The predicted octanol–water partition coefficient (Wildman–Crippen LogP) is 6.56. The molecule has 1 amide bonds. The second-order valence-electron chi connectivity index (χ2n) is 15.4. The summed E-state index contributed by atoms with van der Waals surface area (Å²) in [6, 6.07) is 18.2. The number of carbonyl (C=O) groups is 1. The van der Waals surface area contributed by atoms with E-state index in [9.17, 15) is 18.8 Å². The van der Waals surface area contributed by atoms with Crippen molar-refractivity contribution in [1.82, 2.24) is 34.2 Å². The minimum Gasteiger partial charge on any atom is -0.348 e. The van der Waals surface area contributed by atoms with E-state index in [-0.39, 0.29) is 35.4 Å². The fraction of sp³-hybridized carbons (Fsp3) is 0.452. The van der Waals surface area contributed by atoms with Crippen molar-refractivity contribution >= 4 is 28.3 Å². The summed E-state index contributed by atoms with van der Waals surface area (Å²) in [5.74, 6) is -0.769. The zero-order valence-corrected chi connectivity index (χ0v) is 31.7. The Hall–Kier alpha value is -4.52. The van der Waals surface area contributed by atoms with Gasteiger partial charge in [-0.2, -0.15) is 0 Å². The van der Waals surface area contributed by atoms with Gasteiger partial charge in [-0.3, -0.25) is 19.1 Å². The van der Waals surface area contributed by atoms with E-state index in [1.54, 1.807) is 5.38 Å². The Morgan fingerprint density at radius 3 is 2.39 bits per heavy atom. The molecule has 2 aliphatic heterocycles. The number of nitrogens with zero attached hydrogens (tertiary/aromatic N) is 6. The van der Waals surface area contributed by atoms with Crippen LogP contribution in [0.2, 0.25) is 0 Å². The lowest BCUT2D eigenvalue weighted by molar-refractivity contribution is 0.0896. The van der Waals surface area contributed by atoms with Crippen LogP contribution in [0.15, 0.2) is 75.8 Å². The highest BCUT2D eigenvalue weighted by Gasteiger charge is 2.27. The van der Waals surface area contributed by atoms with Crippen LogP contribution in [0, 0.1) is 18.7 Å². The third kappa shape index (κ3) is 7.97. The van der Waals surface area contributed by atoms with Crippen molar-refractivity contribution in [3.63, 3.8) is 0 Å². The maximum absolute atomic E-state index is 14.5. The molecule has 1 aliphatic carbocycles. The first-order chi connectivity index (χ1) is 26.3. The van der Waals surface area contributed by atoms with Gasteiger partial charge in [-0.05, 0) is 125 Å². The number of hydrogen-bond donors (Lipinski definition) is 1. The molecule has 0 spiro atoms. The lowest BCUT2D eigenvalue weighted by Crippen LogP contribution is -2.46. The number of hydrogen-bond acceptors (Lipinski definition) is 8. The standard InChI is InChI=1S/C42H48FN7O3S/c1-28-45-38(27-54-28)40(51)46-34-14-10-30(11-15-34)26-49-41(52)37-23-33(43)24-44-39(37)50(42(49)53)36-7-5-6-32(22-36)31-12-8-29(9-13-31)25-47-20-16-35(17-21-47)48-18-3-2-4-19-48/h5-9,12-13,22-24,27,30,34-35H,2-4,10-11,14-21,25-26H2,1H3,(H,46,51). The molecule has 54 heavy (non-hydrogen) atoms. The molecule has 8 rings (SSSR count). The summed E-state index contributed by atoms with van der Waals surface area (Å²) in [4.78, 5) is 54.5. The normalized spacial score (nSPS) is 20.3. The van der Waals surface area contributed by atoms with Crippen LogP contribution in [0.4, 0.5) is 4.39 Å². The minimum absolute atomic E-state index is 0.00214. The number of thiazole rings is 1. The van der Waals surface area contributed by atoms with E-state index in [1.165, 1.54) is 77.3 Å². The van der Waals surface area contributed by atoms with E-state index < -0.39 is 17.1 Å². The summed E-state index contributed by atoms with van der Waals surface area (Å²) in [6.07, 6.45) is 10.5. The Balaban J connectivity index is 0.978. The molecule has 5 aromatic rings. The summed E-state index contributed by atoms with van der Waals surface area (Å²) in [5.41, 5.74) is 3.28. The molecule has 2 aromatic carbocycles. The predicted molar refractivity (Wildman–Crippen MR) is 211 cm³/mol. The van der Waals surface area contributed by atoms with Crippen LogP contribution in [-0.2, 0) is 13.1 Å². The smallest absolute Gasteiger partial charge is 0.337 e. The number of aromatic nitrogens is 4. The molecule has 5 heterocycles. The van der Waals surface area contributed by atoms with E-state index >= 15 is 0 Å². The highest BCUT2D eigenvalue weighted by atomic mass is 32.1. The van der Waals surface area contributed by atoms with Crippen molar-refractivity contribution in [3.05, 3.63) is 109 Å². The highest BCUT2D eigenvalue weighted by molar-refractivity contribution is 7.09. The van der Waals surface area contributed by atoms with E-state index in [1.807, 2.05) is 31.2 Å². The Kier molecular flexibility index (Phi) is 10.8. The molecular weight excluding hydrogens is 702 g/mol. The topological polar surface area (TPSA) is 105 Å². The van der Waals surface area contributed by atoms with Gasteiger partial charge in [-0.25, -0.2) is 23.7 Å². The Labute approximate surface area is 318 Å². The van der Waals surface area contributed by atoms with Crippen molar-refractivity contribution in [1.29, 1.82) is 0 Å². The van der Waals surface area contributed by atoms with Crippen LogP contribution in [-0.4, -0.2) is 73.1 Å². The maximum atomic E-state index is 14.5. The van der Waals surface area contributed by atoms with E-state index in [0.29, 0.717) is 11.4 Å². The number of rotatable bonds is 9. The van der Waals surface area contributed by atoms with Crippen LogP contribution < -0.4 is 16.6 Å². The first kappa shape index (κ1) is 36.5. The molecule has 10 nitrogen and oxygen atoms in total. The highest BCUT2D eigenvalue weighted by Crippen LogP contribution is 2.28. The van der Waals surface area contributed by atoms with Crippen molar-refractivity contribution < 1.29 is 9.18 Å². The third-order valence-corrected chi connectivity index (χ3v) is 12.5. The molecule has 0 bridgehead atoms. The molecule has 12 heteroatoms. The largest absolute Gasteiger partial charge is 0.348 e. The van der Waals surface area contributed by atoms with E-state index in [4.69, 9.17) is 0 Å². The number of halogens is 1. The van der Waals surface area contributed by atoms with E-state index in [0.717, 1.165) is 73.7 Å².